The summed E-state index contributed by atoms with van der Waals surface area (Å²) in [6.45, 7) is 5.36. The van der Waals surface area contributed by atoms with Gasteiger partial charge in [0.15, 0.2) is 6.10 Å². The van der Waals surface area contributed by atoms with E-state index in [0.717, 1.165) is 0 Å². The Balaban J connectivity index is 1.92. The van der Waals surface area contributed by atoms with Gasteiger partial charge in [0, 0.05) is 26.2 Å². The fourth-order valence-corrected chi connectivity index (χ4v) is 2.37. The number of nitrogens with zero attached hydrogens (tertiary/aromatic N) is 2. The summed E-state index contributed by atoms with van der Waals surface area (Å²) in [4.78, 5) is 26.9. The molecule has 2 fully saturated rings. The number of carbonyl (C=O) groups is 2. The van der Waals surface area contributed by atoms with Crippen LogP contribution in [0.5, 0.6) is 0 Å². The lowest BCUT2D eigenvalue weighted by molar-refractivity contribution is -0.160. The molecule has 0 bridgehead atoms. The molecule has 2 atom stereocenters. The highest BCUT2D eigenvalue weighted by molar-refractivity contribution is 5.81. The van der Waals surface area contributed by atoms with E-state index in [1.54, 1.807) is 4.90 Å². The third-order valence-corrected chi connectivity index (χ3v) is 3.60. The second-order valence-electron chi connectivity index (χ2n) is 4.81. The number of carbonyl (C=O) groups excluding carboxylic acids is 1. The van der Waals surface area contributed by atoms with Crippen molar-refractivity contribution in [3.05, 3.63) is 0 Å². The average Bonchev–Trinajstić information content (AvgIpc) is 2.46. The highest BCUT2D eigenvalue weighted by atomic mass is 16.5. The molecule has 0 saturated carbocycles. The molecule has 0 spiro atoms. The predicted molar refractivity (Wildman–Crippen MR) is 65.8 cm³/mol. The zero-order chi connectivity index (χ0) is 13.8. The zero-order valence-corrected chi connectivity index (χ0v) is 11.1. The summed E-state index contributed by atoms with van der Waals surface area (Å²) in [6, 6.07) is -0.316. The smallest absolute Gasteiger partial charge is 0.334 e. The first-order valence-electron chi connectivity index (χ1n) is 6.54. The Bertz CT molecular complexity index is 343. The van der Waals surface area contributed by atoms with Crippen LogP contribution < -0.4 is 0 Å². The van der Waals surface area contributed by atoms with Crippen LogP contribution in [0.2, 0.25) is 0 Å². The Morgan fingerprint density at radius 1 is 1.21 bits per heavy atom. The van der Waals surface area contributed by atoms with Crippen molar-refractivity contribution in [3.63, 3.8) is 0 Å². The third-order valence-electron chi connectivity index (χ3n) is 3.60. The van der Waals surface area contributed by atoms with E-state index in [1.807, 2.05) is 11.8 Å². The minimum Gasteiger partial charge on any atom is -0.479 e. The Hall–Kier alpha value is -1.18. The minimum absolute atomic E-state index is 0.0364. The molecule has 7 heteroatoms. The van der Waals surface area contributed by atoms with Crippen LogP contribution in [0.4, 0.5) is 0 Å². The maximum absolute atomic E-state index is 12.3. The lowest BCUT2D eigenvalue weighted by atomic mass is 10.2. The number of rotatable bonds is 3. The lowest BCUT2D eigenvalue weighted by Crippen LogP contribution is -2.56. The van der Waals surface area contributed by atoms with Gasteiger partial charge < -0.3 is 19.5 Å². The fourth-order valence-electron chi connectivity index (χ4n) is 2.37. The number of morpholine rings is 2. The van der Waals surface area contributed by atoms with E-state index >= 15 is 0 Å². The van der Waals surface area contributed by atoms with E-state index in [4.69, 9.17) is 14.6 Å². The van der Waals surface area contributed by atoms with Crippen LogP contribution in [0.1, 0.15) is 6.92 Å². The standard InChI is InChI=1S/C12H20N2O5/c1-9(11(15)13-2-5-18-6-3-13)14-4-7-19-10(8-14)12(16)17/h9-10H,2-8H2,1H3,(H,16,17). The van der Waals surface area contributed by atoms with E-state index in [-0.39, 0.29) is 18.5 Å². The van der Waals surface area contributed by atoms with E-state index in [1.165, 1.54) is 0 Å². The highest BCUT2D eigenvalue weighted by Gasteiger charge is 2.33. The first-order valence-corrected chi connectivity index (χ1v) is 6.54. The normalized spacial score (nSPS) is 27.0. The number of carboxylic acids is 1. The van der Waals surface area contributed by atoms with Crippen molar-refractivity contribution in [1.82, 2.24) is 9.80 Å². The van der Waals surface area contributed by atoms with Crippen LogP contribution in [0.25, 0.3) is 0 Å². The van der Waals surface area contributed by atoms with E-state index in [2.05, 4.69) is 0 Å². The molecule has 0 aliphatic carbocycles. The molecule has 0 aromatic rings. The van der Waals surface area contributed by atoms with Crippen LogP contribution in [0.3, 0.4) is 0 Å². The predicted octanol–water partition coefficient (Wildman–Crippen LogP) is -0.981. The molecule has 19 heavy (non-hydrogen) atoms. The Morgan fingerprint density at radius 2 is 1.89 bits per heavy atom. The van der Waals surface area contributed by atoms with Gasteiger partial charge in [-0.15, -0.1) is 0 Å². The van der Waals surface area contributed by atoms with Crippen LogP contribution in [-0.2, 0) is 19.1 Å². The molecule has 0 aromatic carbocycles. The molecule has 2 unspecified atom stereocenters. The first-order chi connectivity index (χ1) is 9.09. The Kier molecular flexibility index (Phi) is 4.73. The molecular formula is C12H20N2O5. The second-order valence-corrected chi connectivity index (χ2v) is 4.81. The summed E-state index contributed by atoms with van der Waals surface area (Å²) in [7, 11) is 0. The summed E-state index contributed by atoms with van der Waals surface area (Å²) in [5.74, 6) is -0.940. The third kappa shape index (κ3) is 3.43. The minimum atomic E-state index is -0.976. The Labute approximate surface area is 112 Å². The van der Waals surface area contributed by atoms with E-state index < -0.39 is 12.1 Å². The molecule has 7 nitrogen and oxygen atoms in total. The Morgan fingerprint density at radius 3 is 2.53 bits per heavy atom. The fraction of sp³-hybridized carbons (Fsp3) is 0.833. The maximum atomic E-state index is 12.3. The van der Waals surface area contributed by atoms with Crippen molar-refractivity contribution in [3.8, 4) is 0 Å². The molecular weight excluding hydrogens is 252 g/mol. The van der Waals surface area contributed by atoms with Gasteiger partial charge >= 0.3 is 5.97 Å². The summed E-state index contributed by atoms with van der Waals surface area (Å²) in [5, 5.41) is 8.96. The molecule has 2 rings (SSSR count). The van der Waals surface area contributed by atoms with Gasteiger partial charge in [-0.2, -0.15) is 0 Å². The zero-order valence-electron chi connectivity index (χ0n) is 11.1. The molecule has 2 saturated heterocycles. The SMILES string of the molecule is CC(C(=O)N1CCOCC1)N1CCOC(C(=O)O)C1. The maximum Gasteiger partial charge on any atom is 0.334 e. The van der Waals surface area contributed by atoms with Crippen molar-refractivity contribution in [2.75, 3.05) is 46.0 Å². The molecule has 108 valence electrons. The highest BCUT2D eigenvalue weighted by Crippen LogP contribution is 2.12. The quantitative estimate of drug-likeness (QED) is 0.711. The number of hydrogen-bond acceptors (Lipinski definition) is 5. The topological polar surface area (TPSA) is 79.3 Å². The van der Waals surface area contributed by atoms with E-state index in [0.29, 0.717) is 39.5 Å². The van der Waals surface area contributed by atoms with Crippen LogP contribution in [0, 0.1) is 0 Å². The lowest BCUT2D eigenvalue weighted by Gasteiger charge is -2.37. The molecule has 2 aliphatic rings. The molecule has 1 N–H and O–H groups in total. The van der Waals surface area contributed by atoms with Gasteiger partial charge in [0.25, 0.3) is 0 Å². The molecule has 0 radical (unpaired) electrons. The van der Waals surface area contributed by atoms with Gasteiger partial charge in [-0.1, -0.05) is 0 Å². The molecule has 2 heterocycles. The van der Waals surface area contributed by atoms with Gasteiger partial charge in [-0.25, -0.2) is 4.79 Å². The van der Waals surface area contributed by atoms with Crippen molar-refractivity contribution >= 4 is 11.9 Å². The molecule has 2 aliphatic heterocycles. The van der Waals surface area contributed by atoms with E-state index in [9.17, 15) is 9.59 Å². The first kappa shape index (κ1) is 14.2. The van der Waals surface area contributed by atoms with Crippen LogP contribution >= 0.6 is 0 Å². The summed E-state index contributed by atoms with van der Waals surface area (Å²) >= 11 is 0. The summed E-state index contributed by atoms with van der Waals surface area (Å²) in [6.07, 6.45) is -0.839. The average molecular weight is 272 g/mol. The van der Waals surface area contributed by atoms with Gasteiger partial charge in [0.1, 0.15) is 0 Å². The number of hydrogen-bond donors (Lipinski definition) is 1. The van der Waals surface area contributed by atoms with Gasteiger partial charge in [0.05, 0.1) is 25.9 Å². The van der Waals surface area contributed by atoms with Crippen LogP contribution in [-0.4, -0.2) is 84.9 Å². The van der Waals surface area contributed by atoms with Crippen molar-refractivity contribution in [1.29, 1.82) is 0 Å². The molecule has 0 aromatic heterocycles. The molecule has 1 amide bonds. The number of amides is 1. The largest absolute Gasteiger partial charge is 0.479 e. The monoisotopic (exact) mass is 272 g/mol. The number of aliphatic carboxylic acids is 1. The number of ether oxygens (including phenoxy) is 2. The van der Waals surface area contributed by atoms with Crippen molar-refractivity contribution in [2.24, 2.45) is 0 Å². The number of carboxylic acid groups (broad SMARTS) is 1. The summed E-state index contributed by atoms with van der Waals surface area (Å²) < 4.78 is 10.4. The second kappa shape index (κ2) is 6.31. The van der Waals surface area contributed by atoms with Crippen LogP contribution in [0.15, 0.2) is 0 Å². The van der Waals surface area contributed by atoms with Crippen molar-refractivity contribution in [2.45, 2.75) is 19.1 Å². The van der Waals surface area contributed by atoms with Gasteiger partial charge in [0.2, 0.25) is 5.91 Å². The van der Waals surface area contributed by atoms with Crippen molar-refractivity contribution < 1.29 is 24.2 Å². The summed E-state index contributed by atoms with van der Waals surface area (Å²) in [5.41, 5.74) is 0. The van der Waals surface area contributed by atoms with Gasteiger partial charge in [-0.3, -0.25) is 9.69 Å². The van der Waals surface area contributed by atoms with Gasteiger partial charge in [-0.05, 0) is 6.92 Å².